The molecule has 5 nitrogen and oxygen atoms in total. The van der Waals surface area contributed by atoms with Gasteiger partial charge in [-0.15, -0.1) is 0 Å². The number of aromatic nitrogens is 1. The Bertz CT molecular complexity index is 752. The van der Waals surface area contributed by atoms with E-state index in [0.717, 1.165) is 44.8 Å². The van der Waals surface area contributed by atoms with Gasteiger partial charge in [-0.3, -0.25) is 14.7 Å². The molecule has 1 amide bonds. The van der Waals surface area contributed by atoms with E-state index in [9.17, 15) is 4.79 Å². The summed E-state index contributed by atoms with van der Waals surface area (Å²) >= 11 is 0. The van der Waals surface area contributed by atoms with E-state index in [1.165, 1.54) is 5.56 Å². The Balaban J connectivity index is 1.50. The van der Waals surface area contributed by atoms with Crippen molar-refractivity contribution in [1.29, 1.82) is 0 Å². The van der Waals surface area contributed by atoms with Crippen molar-refractivity contribution in [1.82, 2.24) is 15.2 Å². The molecule has 0 atom stereocenters. The second-order valence-corrected chi connectivity index (χ2v) is 6.76. The summed E-state index contributed by atoms with van der Waals surface area (Å²) in [5.74, 6) is -0.0941. The van der Waals surface area contributed by atoms with E-state index in [-0.39, 0.29) is 5.91 Å². The third-order valence-corrected chi connectivity index (χ3v) is 4.72. The molecule has 1 aliphatic rings. The molecule has 3 rings (SSSR count). The number of hydrogen-bond donors (Lipinski definition) is 1. The molecular formula is C22H28N4O. The quantitative estimate of drug-likeness (QED) is 0.820. The number of amides is 1. The van der Waals surface area contributed by atoms with E-state index < -0.39 is 0 Å². The van der Waals surface area contributed by atoms with Gasteiger partial charge in [0.1, 0.15) is 5.69 Å². The van der Waals surface area contributed by atoms with Crippen molar-refractivity contribution in [3.63, 3.8) is 0 Å². The first-order chi connectivity index (χ1) is 13.3. The second kappa shape index (κ2) is 9.88. The minimum atomic E-state index is -0.0941. The largest absolute Gasteiger partial charge is 0.369 e. The summed E-state index contributed by atoms with van der Waals surface area (Å²) in [6.45, 7) is 7.62. The molecule has 0 bridgehead atoms. The Labute approximate surface area is 161 Å². The van der Waals surface area contributed by atoms with Gasteiger partial charge < -0.3 is 10.2 Å². The zero-order valence-corrected chi connectivity index (χ0v) is 16.0. The fraction of sp³-hybridized carbons (Fsp3) is 0.364. The molecule has 1 saturated heterocycles. The van der Waals surface area contributed by atoms with Crippen LogP contribution in [0.1, 0.15) is 29.4 Å². The molecule has 2 aromatic rings. The van der Waals surface area contributed by atoms with Gasteiger partial charge >= 0.3 is 0 Å². The van der Waals surface area contributed by atoms with E-state index in [1.54, 1.807) is 6.20 Å². The molecule has 0 radical (unpaired) electrons. The molecule has 1 fully saturated rings. The van der Waals surface area contributed by atoms with Crippen LogP contribution in [0.25, 0.3) is 6.08 Å². The van der Waals surface area contributed by atoms with Gasteiger partial charge in [0, 0.05) is 51.2 Å². The van der Waals surface area contributed by atoms with Crippen LogP contribution < -0.4 is 10.2 Å². The molecule has 142 valence electrons. The summed E-state index contributed by atoms with van der Waals surface area (Å²) in [6.07, 6.45) is 7.06. The number of rotatable bonds is 7. The van der Waals surface area contributed by atoms with Crippen molar-refractivity contribution in [3.8, 4) is 0 Å². The van der Waals surface area contributed by atoms with Crippen LogP contribution in [-0.2, 0) is 0 Å². The third-order valence-electron chi connectivity index (χ3n) is 4.72. The highest BCUT2D eigenvalue weighted by atomic mass is 16.1. The lowest BCUT2D eigenvalue weighted by Crippen LogP contribution is -2.46. The number of pyridine rings is 1. The zero-order valence-electron chi connectivity index (χ0n) is 16.0. The Morgan fingerprint density at radius 3 is 2.67 bits per heavy atom. The Kier molecular flexibility index (Phi) is 6.99. The molecule has 2 heterocycles. The van der Waals surface area contributed by atoms with Crippen LogP contribution >= 0.6 is 0 Å². The number of piperazine rings is 1. The number of hydrogen-bond acceptors (Lipinski definition) is 4. The van der Waals surface area contributed by atoms with E-state index >= 15 is 0 Å². The van der Waals surface area contributed by atoms with Crippen molar-refractivity contribution in [2.75, 3.05) is 44.2 Å². The Morgan fingerprint density at radius 2 is 1.93 bits per heavy atom. The number of benzene rings is 1. The van der Waals surface area contributed by atoms with Crippen LogP contribution in [0.3, 0.4) is 0 Å². The van der Waals surface area contributed by atoms with Crippen molar-refractivity contribution in [3.05, 3.63) is 66.0 Å². The van der Waals surface area contributed by atoms with Crippen molar-refractivity contribution in [2.24, 2.45) is 0 Å². The van der Waals surface area contributed by atoms with Crippen molar-refractivity contribution >= 4 is 17.7 Å². The predicted molar refractivity (Wildman–Crippen MR) is 111 cm³/mol. The van der Waals surface area contributed by atoms with Crippen LogP contribution in [0.4, 0.5) is 5.69 Å². The van der Waals surface area contributed by atoms with Gasteiger partial charge in [-0.25, -0.2) is 0 Å². The Morgan fingerprint density at radius 1 is 1.15 bits per heavy atom. The summed E-state index contributed by atoms with van der Waals surface area (Å²) in [5.41, 5.74) is 2.81. The van der Waals surface area contributed by atoms with Gasteiger partial charge in [-0.05, 0) is 24.1 Å². The summed E-state index contributed by atoms with van der Waals surface area (Å²) in [6, 6.07) is 14.3. The number of carbonyl (C=O) groups excluding carboxylic acids is 1. The average Bonchev–Trinajstić information content (AvgIpc) is 2.73. The first kappa shape index (κ1) is 19.1. The van der Waals surface area contributed by atoms with E-state index in [2.05, 4.69) is 56.5 Å². The van der Waals surface area contributed by atoms with E-state index in [4.69, 9.17) is 0 Å². The molecule has 0 unspecified atom stereocenters. The number of nitrogens with one attached hydrogen (secondary N) is 1. The average molecular weight is 364 g/mol. The van der Waals surface area contributed by atoms with Gasteiger partial charge in [-0.2, -0.15) is 0 Å². The summed E-state index contributed by atoms with van der Waals surface area (Å²) in [4.78, 5) is 21.1. The summed E-state index contributed by atoms with van der Waals surface area (Å²) in [7, 11) is 0. The fourth-order valence-electron chi connectivity index (χ4n) is 3.16. The molecule has 5 heteroatoms. The summed E-state index contributed by atoms with van der Waals surface area (Å²) < 4.78 is 0. The molecule has 0 aliphatic carbocycles. The van der Waals surface area contributed by atoms with Crippen LogP contribution in [0, 0.1) is 0 Å². The SMILES string of the molecule is CCCNC(=O)c1cc(N2CCN(C/C=C/c3ccccc3)CC2)ccn1. The predicted octanol–water partition coefficient (Wildman–Crippen LogP) is 3.06. The van der Waals surface area contributed by atoms with Gasteiger partial charge in [0.05, 0.1) is 0 Å². The highest BCUT2D eigenvalue weighted by molar-refractivity contribution is 5.93. The van der Waals surface area contributed by atoms with E-state index in [0.29, 0.717) is 12.2 Å². The maximum Gasteiger partial charge on any atom is 0.269 e. The smallest absolute Gasteiger partial charge is 0.269 e. The monoisotopic (exact) mass is 364 g/mol. The molecule has 1 N–H and O–H groups in total. The van der Waals surface area contributed by atoms with Gasteiger partial charge in [0.15, 0.2) is 0 Å². The maximum atomic E-state index is 12.1. The minimum absolute atomic E-state index is 0.0941. The van der Waals surface area contributed by atoms with Crippen LogP contribution in [0.2, 0.25) is 0 Å². The molecule has 1 aromatic carbocycles. The highest BCUT2D eigenvalue weighted by Gasteiger charge is 2.17. The number of anilines is 1. The number of nitrogens with zero attached hydrogens (tertiary/aromatic N) is 3. The van der Waals surface area contributed by atoms with Gasteiger partial charge in [-0.1, -0.05) is 49.4 Å². The van der Waals surface area contributed by atoms with Crippen LogP contribution in [0.15, 0.2) is 54.7 Å². The lowest BCUT2D eigenvalue weighted by Gasteiger charge is -2.35. The number of carbonyl (C=O) groups is 1. The first-order valence-corrected chi connectivity index (χ1v) is 9.69. The first-order valence-electron chi connectivity index (χ1n) is 9.69. The normalized spacial score (nSPS) is 15.2. The molecule has 0 saturated carbocycles. The fourth-order valence-corrected chi connectivity index (χ4v) is 3.16. The molecule has 27 heavy (non-hydrogen) atoms. The van der Waals surface area contributed by atoms with Crippen LogP contribution in [0.5, 0.6) is 0 Å². The maximum absolute atomic E-state index is 12.1. The van der Waals surface area contributed by atoms with Gasteiger partial charge in [0.2, 0.25) is 0 Å². The van der Waals surface area contributed by atoms with E-state index in [1.807, 2.05) is 25.1 Å². The van der Waals surface area contributed by atoms with Crippen LogP contribution in [-0.4, -0.2) is 55.1 Å². The highest BCUT2D eigenvalue weighted by Crippen LogP contribution is 2.17. The molecular weight excluding hydrogens is 336 g/mol. The molecule has 1 aromatic heterocycles. The molecule has 1 aliphatic heterocycles. The Hall–Kier alpha value is -2.66. The second-order valence-electron chi connectivity index (χ2n) is 6.76. The summed E-state index contributed by atoms with van der Waals surface area (Å²) in [5, 5.41) is 2.89. The van der Waals surface area contributed by atoms with Crippen molar-refractivity contribution in [2.45, 2.75) is 13.3 Å². The topological polar surface area (TPSA) is 48.5 Å². The zero-order chi connectivity index (χ0) is 18.9. The minimum Gasteiger partial charge on any atom is -0.369 e. The third kappa shape index (κ3) is 5.66. The van der Waals surface area contributed by atoms with Crippen molar-refractivity contribution < 1.29 is 4.79 Å². The standard InChI is InChI=1S/C22H28N4O/c1-2-11-24-22(27)21-18-20(10-12-23-21)26-16-14-25(15-17-26)13-6-9-19-7-4-3-5-8-19/h3-10,12,18H,2,11,13-17H2,1H3,(H,24,27)/b9-6+. The lowest BCUT2D eigenvalue weighted by molar-refractivity contribution is 0.0948. The lowest BCUT2D eigenvalue weighted by atomic mass is 10.2. The molecule has 0 spiro atoms. The van der Waals surface area contributed by atoms with Gasteiger partial charge in [0.25, 0.3) is 5.91 Å².